The second kappa shape index (κ2) is 12.6. The van der Waals surface area contributed by atoms with E-state index >= 15 is 0 Å². The lowest BCUT2D eigenvalue weighted by molar-refractivity contribution is -0.121. The number of anilines is 1. The van der Waals surface area contributed by atoms with Gasteiger partial charge in [0.1, 0.15) is 0 Å². The van der Waals surface area contributed by atoms with Gasteiger partial charge in [-0.05, 0) is 67.4 Å². The lowest BCUT2D eigenvalue weighted by atomic mass is 10.2. The van der Waals surface area contributed by atoms with Crippen LogP contribution in [0.2, 0.25) is 10.0 Å². The smallest absolute Gasteiger partial charge is 0.243 e. The summed E-state index contributed by atoms with van der Waals surface area (Å²) in [7, 11) is -3.90. The Balaban J connectivity index is 1.36. The monoisotopic (exact) mass is 570 g/mol. The Morgan fingerprint density at radius 1 is 0.921 bits per heavy atom. The molecule has 1 aromatic heterocycles. The molecule has 38 heavy (non-hydrogen) atoms. The highest BCUT2D eigenvalue weighted by atomic mass is 35.5. The molecule has 0 spiro atoms. The average Bonchev–Trinajstić information content (AvgIpc) is 2.89. The first-order valence-electron chi connectivity index (χ1n) is 12.1. The molecule has 1 amide bonds. The van der Waals surface area contributed by atoms with Gasteiger partial charge >= 0.3 is 0 Å². The van der Waals surface area contributed by atoms with Gasteiger partial charge in [-0.1, -0.05) is 53.0 Å². The Kier molecular flexibility index (Phi) is 9.22. The molecule has 3 aromatic carbocycles. The number of nitrogens with one attached hydrogen (secondary N) is 2. The van der Waals surface area contributed by atoms with Crippen LogP contribution in [0.15, 0.2) is 83.9 Å². The normalized spacial score (nSPS) is 11.6. The number of hydrogen-bond donors (Lipinski definition) is 2. The summed E-state index contributed by atoms with van der Waals surface area (Å²) < 4.78 is 28.0. The molecule has 0 aliphatic carbocycles. The van der Waals surface area contributed by atoms with Crippen molar-refractivity contribution in [1.29, 1.82) is 0 Å². The van der Waals surface area contributed by atoms with E-state index in [0.717, 1.165) is 27.7 Å². The Labute approximate surface area is 232 Å². The van der Waals surface area contributed by atoms with Gasteiger partial charge in [0, 0.05) is 46.9 Å². The van der Waals surface area contributed by atoms with E-state index in [9.17, 15) is 13.2 Å². The van der Waals surface area contributed by atoms with Gasteiger partial charge in [-0.15, -0.1) is 0 Å². The van der Waals surface area contributed by atoms with Crippen molar-refractivity contribution in [3.8, 4) is 0 Å². The summed E-state index contributed by atoms with van der Waals surface area (Å²) in [6.07, 6.45) is 2.36. The number of aromatic nitrogens is 1. The molecular formula is C28H28Cl2N4O3S. The summed E-state index contributed by atoms with van der Waals surface area (Å²) in [6, 6.07) is 20.9. The molecule has 2 N–H and O–H groups in total. The summed E-state index contributed by atoms with van der Waals surface area (Å²) in [5.74, 6) is -0.376. The molecule has 1 heterocycles. The Morgan fingerprint density at radius 2 is 1.63 bits per heavy atom. The molecule has 0 saturated heterocycles. The second-order valence-corrected chi connectivity index (χ2v) is 11.7. The fourth-order valence-electron chi connectivity index (χ4n) is 3.91. The van der Waals surface area contributed by atoms with Crippen LogP contribution in [0.5, 0.6) is 0 Å². The average molecular weight is 572 g/mol. The molecule has 0 radical (unpaired) electrons. The highest BCUT2D eigenvalue weighted by Gasteiger charge is 2.27. The van der Waals surface area contributed by atoms with Crippen molar-refractivity contribution < 1.29 is 13.2 Å². The third kappa shape index (κ3) is 7.23. The first-order chi connectivity index (χ1) is 18.2. The summed E-state index contributed by atoms with van der Waals surface area (Å²) >= 11 is 12.0. The predicted octanol–water partition coefficient (Wildman–Crippen LogP) is 5.66. The second-order valence-electron chi connectivity index (χ2n) is 8.86. The molecular weight excluding hydrogens is 543 g/mol. The van der Waals surface area contributed by atoms with Crippen molar-refractivity contribution in [1.82, 2.24) is 14.6 Å². The maximum absolute atomic E-state index is 13.4. The number of fused-ring (bicyclic) bond motifs is 1. The van der Waals surface area contributed by atoms with Crippen LogP contribution in [0.25, 0.3) is 10.9 Å². The van der Waals surface area contributed by atoms with E-state index in [1.807, 2.05) is 31.2 Å². The number of sulfonamides is 1. The van der Waals surface area contributed by atoms with Gasteiger partial charge in [-0.2, -0.15) is 4.31 Å². The maximum Gasteiger partial charge on any atom is 0.243 e. The number of hydrogen-bond acceptors (Lipinski definition) is 5. The highest BCUT2D eigenvalue weighted by molar-refractivity contribution is 7.89. The third-order valence-electron chi connectivity index (χ3n) is 5.95. The molecule has 7 nitrogen and oxygen atoms in total. The summed E-state index contributed by atoms with van der Waals surface area (Å²) in [6.45, 7) is 2.62. The van der Waals surface area contributed by atoms with E-state index in [2.05, 4.69) is 15.6 Å². The lowest BCUT2D eigenvalue weighted by Crippen LogP contribution is -2.40. The summed E-state index contributed by atoms with van der Waals surface area (Å²) in [4.78, 5) is 17.3. The minimum absolute atomic E-state index is 0.0431. The van der Waals surface area contributed by atoms with Gasteiger partial charge in [0.2, 0.25) is 15.9 Å². The number of nitrogens with zero attached hydrogens (tertiary/aromatic N) is 2. The fourth-order valence-corrected chi connectivity index (χ4v) is 5.59. The van der Waals surface area contributed by atoms with Gasteiger partial charge in [0.15, 0.2) is 0 Å². The van der Waals surface area contributed by atoms with E-state index in [1.54, 1.807) is 54.7 Å². The number of carbonyl (C=O) groups excluding carboxylic acids is 1. The SMILES string of the molecule is Cc1ccc(S(=O)(=O)N(CC(=O)NCCCNc2ccnc3cc(Cl)ccc23)Cc2ccc(Cl)cc2)cc1. The van der Waals surface area contributed by atoms with E-state index in [0.29, 0.717) is 29.6 Å². The first-order valence-corrected chi connectivity index (χ1v) is 14.3. The zero-order valence-electron chi connectivity index (χ0n) is 20.8. The van der Waals surface area contributed by atoms with Crippen LogP contribution in [-0.2, 0) is 21.4 Å². The van der Waals surface area contributed by atoms with E-state index < -0.39 is 10.0 Å². The highest BCUT2D eigenvalue weighted by Crippen LogP contribution is 2.24. The van der Waals surface area contributed by atoms with Crippen LogP contribution in [0.1, 0.15) is 17.5 Å². The van der Waals surface area contributed by atoms with Crippen LogP contribution >= 0.6 is 23.2 Å². The molecule has 198 valence electrons. The van der Waals surface area contributed by atoms with Crippen LogP contribution in [0.3, 0.4) is 0 Å². The first kappa shape index (κ1) is 27.9. The van der Waals surface area contributed by atoms with Crippen molar-refractivity contribution in [2.45, 2.75) is 24.8 Å². The van der Waals surface area contributed by atoms with Gasteiger partial charge in [0.25, 0.3) is 0 Å². The van der Waals surface area contributed by atoms with E-state index in [4.69, 9.17) is 23.2 Å². The molecule has 0 aliphatic heterocycles. The Morgan fingerprint density at radius 3 is 2.37 bits per heavy atom. The zero-order chi connectivity index (χ0) is 27.1. The Bertz CT molecular complexity index is 1510. The third-order valence-corrected chi connectivity index (χ3v) is 8.24. The number of rotatable bonds is 11. The maximum atomic E-state index is 13.4. The molecule has 0 aliphatic rings. The number of halogens is 2. The molecule has 4 aromatic rings. The predicted molar refractivity (Wildman–Crippen MR) is 153 cm³/mol. The van der Waals surface area contributed by atoms with Crippen molar-refractivity contribution in [3.05, 3.63) is 100 Å². The Hall–Kier alpha value is -3.17. The molecule has 4 rings (SSSR count). The van der Waals surface area contributed by atoms with Crippen LogP contribution < -0.4 is 10.6 Å². The molecule has 0 unspecified atom stereocenters. The molecule has 10 heteroatoms. The number of amides is 1. The minimum atomic E-state index is -3.90. The van der Waals surface area contributed by atoms with Gasteiger partial charge < -0.3 is 10.6 Å². The van der Waals surface area contributed by atoms with Gasteiger partial charge in [0.05, 0.1) is 17.0 Å². The van der Waals surface area contributed by atoms with Crippen LogP contribution in [0, 0.1) is 6.92 Å². The molecule has 0 bridgehead atoms. The number of carbonyl (C=O) groups is 1. The fraction of sp³-hybridized carbons (Fsp3) is 0.214. The number of benzene rings is 3. The number of aryl methyl sites for hydroxylation is 1. The van der Waals surface area contributed by atoms with E-state index in [1.165, 1.54) is 4.31 Å². The summed E-state index contributed by atoms with van der Waals surface area (Å²) in [5.41, 5.74) is 3.40. The van der Waals surface area contributed by atoms with Crippen LogP contribution in [0.4, 0.5) is 5.69 Å². The van der Waals surface area contributed by atoms with E-state index in [-0.39, 0.29) is 23.9 Å². The van der Waals surface area contributed by atoms with Gasteiger partial charge in [-0.3, -0.25) is 9.78 Å². The molecule has 0 fully saturated rings. The van der Waals surface area contributed by atoms with Crippen LogP contribution in [-0.4, -0.2) is 43.2 Å². The van der Waals surface area contributed by atoms with Crippen molar-refractivity contribution in [2.24, 2.45) is 0 Å². The van der Waals surface area contributed by atoms with Gasteiger partial charge in [-0.25, -0.2) is 8.42 Å². The van der Waals surface area contributed by atoms with Crippen molar-refractivity contribution in [3.63, 3.8) is 0 Å². The topological polar surface area (TPSA) is 91.4 Å². The van der Waals surface area contributed by atoms with Crippen molar-refractivity contribution >= 4 is 55.7 Å². The number of pyridine rings is 1. The standard InChI is InChI=1S/C28H28Cl2N4O3S/c1-20-3-10-24(11-4-20)38(36,37)34(18-21-5-7-22(29)8-6-21)19-28(35)33-15-2-14-31-26-13-16-32-27-17-23(30)9-12-25(26)27/h3-13,16-17H,2,14-15,18-19H2,1H3,(H,31,32)(H,33,35). The lowest BCUT2D eigenvalue weighted by Gasteiger charge is -2.22. The largest absolute Gasteiger partial charge is 0.384 e. The quantitative estimate of drug-likeness (QED) is 0.227. The zero-order valence-corrected chi connectivity index (χ0v) is 23.2. The van der Waals surface area contributed by atoms with Crippen molar-refractivity contribution in [2.75, 3.05) is 25.0 Å². The minimum Gasteiger partial charge on any atom is -0.384 e. The molecule has 0 atom stereocenters. The summed E-state index contributed by atoms with van der Waals surface area (Å²) in [5, 5.41) is 8.33. The molecule has 0 saturated carbocycles.